The number of hydrogen-bond donors (Lipinski definition) is 5. The molecule has 4 aromatic rings. The molecule has 15 nitrogen and oxygen atoms in total. The summed E-state index contributed by atoms with van der Waals surface area (Å²) in [5.41, 5.74) is 8.85. The minimum Gasteiger partial charge on any atom is -0.508 e. The van der Waals surface area contributed by atoms with Crippen LogP contribution in [0.1, 0.15) is 77.3 Å². The summed E-state index contributed by atoms with van der Waals surface area (Å²) in [7, 11) is 3.33. The van der Waals surface area contributed by atoms with Gasteiger partial charge in [-0.25, -0.2) is 5.43 Å². The zero-order valence-corrected chi connectivity index (χ0v) is 39.3. The summed E-state index contributed by atoms with van der Waals surface area (Å²) in [6.07, 6.45) is 3.96. The highest BCUT2D eigenvalue weighted by Gasteiger charge is 2.41. The maximum atomic E-state index is 14.8. The van der Waals surface area contributed by atoms with Gasteiger partial charge in [-0.2, -0.15) is 0 Å². The molecule has 350 valence electrons. The van der Waals surface area contributed by atoms with Crippen molar-refractivity contribution in [2.24, 2.45) is 17.3 Å². The number of aromatic nitrogens is 2. The number of carbonyl (C=O) groups is 4. The first-order valence-corrected chi connectivity index (χ1v) is 23.2. The lowest BCUT2D eigenvalue weighted by molar-refractivity contribution is -0.148. The van der Waals surface area contributed by atoms with E-state index in [0.29, 0.717) is 57.6 Å². The molecular formula is C50H68N8O7. The van der Waals surface area contributed by atoms with Crippen LogP contribution in [0, 0.1) is 17.3 Å². The molecule has 65 heavy (non-hydrogen) atoms. The van der Waals surface area contributed by atoms with Gasteiger partial charge in [0.25, 0.3) is 5.91 Å². The summed E-state index contributed by atoms with van der Waals surface area (Å²) in [6.45, 7) is 16.0. The lowest BCUT2D eigenvalue weighted by atomic mass is 9.84. The molecule has 3 amide bonds. The second-order valence-electron chi connectivity index (χ2n) is 19.3. The summed E-state index contributed by atoms with van der Waals surface area (Å²) in [5.74, 6) is -1.72. The number of benzene rings is 2. The molecule has 2 aromatic carbocycles. The summed E-state index contributed by atoms with van der Waals surface area (Å²) in [6, 6.07) is 13.7. The highest BCUT2D eigenvalue weighted by Crippen LogP contribution is 2.42. The summed E-state index contributed by atoms with van der Waals surface area (Å²) in [4.78, 5) is 62.6. The highest BCUT2D eigenvalue weighted by atomic mass is 16.5. The van der Waals surface area contributed by atoms with E-state index in [1.807, 2.05) is 32.9 Å². The smallest absolute Gasteiger partial charge is 0.259 e. The van der Waals surface area contributed by atoms with E-state index in [9.17, 15) is 24.3 Å². The maximum absolute atomic E-state index is 14.8. The van der Waals surface area contributed by atoms with E-state index in [4.69, 9.17) is 14.5 Å². The number of rotatable bonds is 10. The number of carbonyl (C=O) groups excluding carboxylic acids is 4. The Morgan fingerprint density at radius 2 is 1.83 bits per heavy atom. The zero-order valence-electron chi connectivity index (χ0n) is 39.3. The summed E-state index contributed by atoms with van der Waals surface area (Å²) < 4.78 is 14.7. The summed E-state index contributed by atoms with van der Waals surface area (Å²) in [5, 5.41) is 23.5. The topological polar surface area (TPSA) is 179 Å². The van der Waals surface area contributed by atoms with Gasteiger partial charge in [-0.15, -0.1) is 0 Å². The largest absolute Gasteiger partial charge is 0.508 e. The Morgan fingerprint density at radius 3 is 2.52 bits per heavy atom. The number of nitrogens with zero attached hydrogens (tertiary/aromatic N) is 4. The highest BCUT2D eigenvalue weighted by molar-refractivity contribution is 5.96. The minimum absolute atomic E-state index is 0.00970. The van der Waals surface area contributed by atoms with Gasteiger partial charge in [-0.05, 0) is 103 Å². The van der Waals surface area contributed by atoms with Crippen molar-refractivity contribution in [3.05, 3.63) is 71.5 Å². The number of aryl methyl sites for hydroxylation is 1. The molecule has 0 unspecified atom stereocenters. The fourth-order valence-corrected chi connectivity index (χ4v) is 10.0. The first-order valence-electron chi connectivity index (χ1n) is 23.2. The number of nitrogens with one attached hydrogen (secondary N) is 4. The van der Waals surface area contributed by atoms with Crippen LogP contribution in [0.5, 0.6) is 5.75 Å². The molecule has 4 atom stereocenters. The number of phenolic OH excluding ortho intramolecular Hbond substituents is 1. The van der Waals surface area contributed by atoms with Gasteiger partial charge in [0.05, 0.1) is 36.6 Å². The Bertz CT molecular complexity index is 2370. The SMILES string of the molecule is CCn1c(-c2cccnc2[C@H](C)OC)c2c3cc(ccc31)-c1cc(O)cc(c1)C[C@H](NC(=O)[C@H](C(C)C)N(C)C(=O)C1CNCCNC1)C(=O)N1CCC[C@](C=O)(COCC(C)(C)C2)N1. The molecule has 0 saturated carbocycles. The third-order valence-corrected chi connectivity index (χ3v) is 13.3. The molecule has 7 rings (SSSR count). The van der Waals surface area contributed by atoms with Gasteiger partial charge in [-0.1, -0.05) is 39.8 Å². The quantitative estimate of drug-likeness (QED) is 0.138. The molecule has 5 N–H and O–H groups in total. The molecule has 2 aromatic heterocycles. The van der Waals surface area contributed by atoms with Gasteiger partial charge in [0.1, 0.15) is 29.7 Å². The van der Waals surface area contributed by atoms with Gasteiger partial charge >= 0.3 is 0 Å². The Labute approximate surface area is 383 Å². The number of hydrazine groups is 1. The van der Waals surface area contributed by atoms with Crippen LogP contribution in [0.3, 0.4) is 0 Å². The molecule has 3 aliphatic rings. The number of likely N-dealkylation sites (N-methyl/N-ethyl adjacent to an activating group) is 1. The predicted molar refractivity (Wildman–Crippen MR) is 251 cm³/mol. The molecule has 2 saturated heterocycles. The molecule has 0 aliphatic carbocycles. The third kappa shape index (κ3) is 10.3. The van der Waals surface area contributed by atoms with Gasteiger partial charge in [0.15, 0.2) is 0 Å². The van der Waals surface area contributed by atoms with E-state index in [2.05, 4.69) is 71.0 Å². The molecule has 6 bridgehead atoms. The Balaban J connectivity index is 1.34. The van der Waals surface area contributed by atoms with Crippen LogP contribution in [0.25, 0.3) is 33.3 Å². The first kappa shape index (κ1) is 47.8. The lowest BCUT2D eigenvalue weighted by Gasteiger charge is -2.42. The van der Waals surface area contributed by atoms with Crippen molar-refractivity contribution in [2.75, 3.05) is 60.1 Å². The van der Waals surface area contributed by atoms with Crippen molar-refractivity contribution in [1.82, 2.24) is 40.8 Å². The van der Waals surface area contributed by atoms with E-state index in [-0.39, 0.29) is 42.6 Å². The van der Waals surface area contributed by atoms with Crippen molar-refractivity contribution in [3.63, 3.8) is 0 Å². The van der Waals surface area contributed by atoms with Crippen molar-refractivity contribution in [2.45, 2.75) is 97.5 Å². The van der Waals surface area contributed by atoms with E-state index in [0.717, 1.165) is 63.9 Å². The summed E-state index contributed by atoms with van der Waals surface area (Å²) >= 11 is 0. The van der Waals surface area contributed by atoms with Gasteiger partial charge in [0, 0.05) is 82.5 Å². The number of phenols is 1. The molecule has 0 spiro atoms. The van der Waals surface area contributed by atoms with Gasteiger partial charge in [0.2, 0.25) is 11.8 Å². The fraction of sp³-hybridized carbons (Fsp3) is 0.540. The third-order valence-electron chi connectivity index (χ3n) is 13.3. The molecule has 0 radical (unpaired) electrons. The number of amides is 3. The Kier molecular flexibility index (Phi) is 14.8. The zero-order chi connectivity index (χ0) is 46.6. The molecule has 2 fully saturated rings. The van der Waals surface area contributed by atoms with Crippen molar-refractivity contribution >= 4 is 34.9 Å². The number of pyridine rings is 1. The van der Waals surface area contributed by atoms with E-state index >= 15 is 0 Å². The first-order chi connectivity index (χ1) is 31.1. The lowest BCUT2D eigenvalue weighted by Crippen LogP contribution is -2.66. The van der Waals surface area contributed by atoms with Crippen LogP contribution in [0.4, 0.5) is 0 Å². The average molecular weight is 893 g/mol. The van der Waals surface area contributed by atoms with Crippen molar-refractivity contribution < 1.29 is 33.8 Å². The minimum atomic E-state index is -1.20. The van der Waals surface area contributed by atoms with Crippen LogP contribution in [-0.2, 0) is 48.0 Å². The normalized spacial score (nSPS) is 21.9. The Hall–Kier alpha value is -5.19. The van der Waals surface area contributed by atoms with E-state index in [1.54, 1.807) is 32.5 Å². The monoisotopic (exact) mass is 893 g/mol. The van der Waals surface area contributed by atoms with Gasteiger partial charge < -0.3 is 44.8 Å². The van der Waals surface area contributed by atoms with Crippen molar-refractivity contribution in [3.8, 4) is 28.1 Å². The molecule has 5 heterocycles. The number of hydrogen-bond acceptors (Lipinski definition) is 11. The number of aromatic hydroxyl groups is 1. The Morgan fingerprint density at radius 1 is 1.08 bits per heavy atom. The van der Waals surface area contributed by atoms with Crippen LogP contribution in [0.2, 0.25) is 0 Å². The van der Waals surface area contributed by atoms with E-state index in [1.165, 1.54) is 9.91 Å². The average Bonchev–Trinajstić information content (AvgIpc) is 3.39. The predicted octanol–water partition coefficient (Wildman–Crippen LogP) is 4.79. The number of ether oxygens (including phenoxy) is 2. The van der Waals surface area contributed by atoms with Crippen LogP contribution in [0.15, 0.2) is 54.7 Å². The number of methoxy groups -OCH3 is 1. The standard InChI is InChI=1S/C50H68N8O7/c1-9-57-42-14-13-34-24-39(42)40(45(57)38-12-10-16-53-43(38)32(4)64-8)25-49(5,6)29-65-30-50(28-59)15-11-19-58(55-50)48(63)41(22-33-20-35(34)23-37(60)21-33)54-46(61)44(31(2)3)56(7)47(62)36-26-51-17-18-52-27-36/h10,12-14,16,20-21,23-24,28,31-32,36,41,44,51-52,55,60H,9,11,15,17-19,22,25-27,29-30H2,1-8H3,(H,54,61)/t32-,41-,44-,50-/m0/s1. The van der Waals surface area contributed by atoms with Crippen molar-refractivity contribution in [1.29, 1.82) is 0 Å². The molecule has 15 heteroatoms. The second kappa shape index (κ2) is 20.1. The number of fused-ring (bicyclic) bond motifs is 6. The number of aldehydes is 1. The van der Waals surface area contributed by atoms with Gasteiger partial charge in [-0.3, -0.25) is 24.4 Å². The molecule has 3 aliphatic heterocycles. The van der Waals surface area contributed by atoms with E-state index < -0.39 is 34.9 Å². The second-order valence-corrected chi connectivity index (χ2v) is 19.3. The van der Waals surface area contributed by atoms with Crippen LogP contribution >= 0.6 is 0 Å². The molecular weight excluding hydrogens is 825 g/mol. The fourth-order valence-electron chi connectivity index (χ4n) is 10.0. The maximum Gasteiger partial charge on any atom is 0.259 e. The van der Waals surface area contributed by atoms with Crippen LogP contribution < -0.4 is 21.4 Å². The van der Waals surface area contributed by atoms with Crippen LogP contribution in [-0.4, -0.2) is 126 Å².